The summed E-state index contributed by atoms with van der Waals surface area (Å²) in [6.07, 6.45) is 5.53. The third-order valence-electron chi connectivity index (χ3n) is 6.40. The second kappa shape index (κ2) is 12.3. The van der Waals surface area contributed by atoms with Gasteiger partial charge in [-0.25, -0.2) is 0 Å². The lowest BCUT2D eigenvalue weighted by Crippen LogP contribution is -2.30. The molecule has 6 heteroatoms. The molecule has 2 amide bonds. The molecule has 0 bridgehead atoms. The Morgan fingerprint density at radius 1 is 1.00 bits per heavy atom. The maximum absolute atomic E-state index is 12.8. The number of rotatable bonds is 12. The number of ether oxygens (including phenoxy) is 1. The molecule has 0 spiro atoms. The lowest BCUT2D eigenvalue weighted by Gasteiger charge is -2.22. The first-order chi connectivity index (χ1) is 16.5. The number of nitrogens with one attached hydrogen (secondary N) is 1. The molecule has 0 radical (unpaired) electrons. The van der Waals surface area contributed by atoms with Crippen molar-refractivity contribution in [2.75, 3.05) is 25.6 Å². The Bertz CT molecular complexity index is 1110. The Hall–Kier alpha value is -3.28. The predicted molar refractivity (Wildman–Crippen MR) is 139 cm³/mol. The Labute approximate surface area is 202 Å². The summed E-state index contributed by atoms with van der Waals surface area (Å²) in [6.45, 7) is 5.16. The van der Waals surface area contributed by atoms with Gasteiger partial charge in [-0.15, -0.1) is 0 Å². The van der Waals surface area contributed by atoms with Crippen LogP contribution in [0.25, 0.3) is 10.9 Å². The number of unbranched alkanes of at least 4 members (excludes halogenated alkanes) is 4. The van der Waals surface area contributed by atoms with Crippen molar-refractivity contribution < 1.29 is 14.3 Å². The van der Waals surface area contributed by atoms with E-state index in [9.17, 15) is 9.59 Å². The van der Waals surface area contributed by atoms with Crippen molar-refractivity contribution in [2.24, 2.45) is 0 Å². The van der Waals surface area contributed by atoms with Crippen molar-refractivity contribution in [3.8, 4) is 5.75 Å². The van der Waals surface area contributed by atoms with Crippen LogP contribution in [0.2, 0.25) is 0 Å². The zero-order valence-corrected chi connectivity index (χ0v) is 20.9. The first kappa shape index (κ1) is 25.3. The van der Waals surface area contributed by atoms with Gasteiger partial charge in [0.25, 0.3) is 0 Å². The molecule has 1 aromatic heterocycles. The highest BCUT2D eigenvalue weighted by molar-refractivity contribution is 6.04. The van der Waals surface area contributed by atoms with E-state index in [1.165, 1.54) is 5.56 Å². The van der Waals surface area contributed by atoms with E-state index in [0.717, 1.165) is 66.7 Å². The van der Waals surface area contributed by atoms with Crippen molar-refractivity contribution in [1.82, 2.24) is 9.88 Å². The Morgan fingerprint density at radius 3 is 2.38 bits per heavy atom. The smallest absolute Gasteiger partial charge is 0.223 e. The van der Waals surface area contributed by atoms with E-state index in [1.54, 1.807) is 21.1 Å². The van der Waals surface area contributed by atoms with Gasteiger partial charge in [0.1, 0.15) is 5.75 Å². The van der Waals surface area contributed by atoms with Crippen LogP contribution in [0.1, 0.15) is 56.7 Å². The molecule has 0 aliphatic carbocycles. The van der Waals surface area contributed by atoms with E-state index in [1.807, 2.05) is 23.1 Å². The van der Waals surface area contributed by atoms with Crippen LogP contribution in [0, 0.1) is 6.92 Å². The normalized spacial score (nSPS) is 10.9. The fourth-order valence-corrected chi connectivity index (χ4v) is 4.52. The van der Waals surface area contributed by atoms with Crippen molar-refractivity contribution in [2.45, 2.75) is 58.9 Å². The minimum absolute atomic E-state index is 0.0456. The largest absolute Gasteiger partial charge is 0.497 e. The van der Waals surface area contributed by atoms with Gasteiger partial charge in [-0.3, -0.25) is 9.59 Å². The van der Waals surface area contributed by atoms with Gasteiger partial charge in [0.15, 0.2) is 0 Å². The average Bonchev–Trinajstić information content (AvgIpc) is 3.11. The van der Waals surface area contributed by atoms with E-state index in [-0.39, 0.29) is 11.8 Å². The highest BCUT2D eigenvalue weighted by Crippen LogP contribution is 2.37. The molecule has 0 saturated heterocycles. The summed E-state index contributed by atoms with van der Waals surface area (Å²) in [4.78, 5) is 26.1. The minimum Gasteiger partial charge on any atom is -0.497 e. The van der Waals surface area contributed by atoms with Gasteiger partial charge < -0.3 is 19.5 Å². The predicted octanol–water partition coefficient (Wildman–Crippen LogP) is 5.45. The molecular weight excluding hydrogens is 426 g/mol. The zero-order chi connectivity index (χ0) is 24.5. The number of methoxy groups -OCH3 is 1. The highest BCUT2D eigenvalue weighted by Gasteiger charge is 2.22. The molecule has 1 heterocycles. The third kappa shape index (κ3) is 6.19. The van der Waals surface area contributed by atoms with Crippen LogP contribution in [0.3, 0.4) is 0 Å². The fourth-order valence-electron chi connectivity index (χ4n) is 4.52. The quantitative estimate of drug-likeness (QED) is 0.364. The van der Waals surface area contributed by atoms with Crippen molar-refractivity contribution in [1.29, 1.82) is 0 Å². The van der Waals surface area contributed by atoms with E-state index >= 15 is 0 Å². The van der Waals surface area contributed by atoms with Crippen molar-refractivity contribution in [3.05, 3.63) is 59.8 Å². The molecule has 1 N–H and O–H groups in total. The van der Waals surface area contributed by atoms with Crippen molar-refractivity contribution >= 4 is 28.4 Å². The number of carbonyl (C=O) groups excluding carboxylic acids is 2. The summed E-state index contributed by atoms with van der Waals surface area (Å²) >= 11 is 0. The molecule has 3 rings (SSSR count). The van der Waals surface area contributed by atoms with Crippen LogP contribution in [0.15, 0.2) is 48.5 Å². The standard InChI is InChI=1S/C28H37N3O3/c1-21-28(30(22(2)32)18-12-7-5-6-11-15-27(33)29-3)25-19-24(34-4)16-17-26(25)31(21)20-23-13-9-8-10-14-23/h8-10,13-14,16-17,19H,5-7,11-12,15,18,20H2,1-4H3,(H,29,33). The average molecular weight is 464 g/mol. The molecule has 3 aromatic rings. The second-order valence-corrected chi connectivity index (χ2v) is 8.75. The molecule has 0 aliphatic heterocycles. The molecule has 0 saturated carbocycles. The number of benzene rings is 2. The number of fused-ring (bicyclic) bond motifs is 1. The lowest BCUT2D eigenvalue weighted by atomic mass is 10.1. The summed E-state index contributed by atoms with van der Waals surface area (Å²) in [7, 11) is 3.34. The second-order valence-electron chi connectivity index (χ2n) is 8.75. The number of hydrogen-bond donors (Lipinski definition) is 1. The molecule has 0 fully saturated rings. The van der Waals surface area contributed by atoms with Crippen LogP contribution in [0.4, 0.5) is 5.69 Å². The summed E-state index contributed by atoms with van der Waals surface area (Å²) in [5, 5.41) is 3.70. The number of anilines is 1. The SMILES string of the molecule is CNC(=O)CCCCCCCN(C(C)=O)c1c(C)n(Cc2ccccc2)c2ccc(OC)cc12. The van der Waals surface area contributed by atoms with Gasteiger partial charge in [0.05, 0.1) is 18.3 Å². The molecule has 0 unspecified atom stereocenters. The van der Waals surface area contributed by atoms with Crippen LogP contribution >= 0.6 is 0 Å². The van der Waals surface area contributed by atoms with E-state index < -0.39 is 0 Å². The molecule has 0 atom stereocenters. The number of amides is 2. The Kier molecular flexibility index (Phi) is 9.14. The van der Waals surface area contributed by atoms with Gasteiger partial charge in [-0.1, -0.05) is 49.6 Å². The first-order valence-electron chi connectivity index (χ1n) is 12.2. The van der Waals surface area contributed by atoms with Gasteiger partial charge in [-0.05, 0) is 43.5 Å². The third-order valence-corrected chi connectivity index (χ3v) is 6.40. The summed E-state index contributed by atoms with van der Waals surface area (Å²) < 4.78 is 7.79. The monoisotopic (exact) mass is 463 g/mol. The molecule has 2 aromatic carbocycles. The van der Waals surface area contributed by atoms with Crippen LogP contribution in [0.5, 0.6) is 5.75 Å². The number of aromatic nitrogens is 1. The van der Waals surface area contributed by atoms with Gasteiger partial charge in [0.2, 0.25) is 11.8 Å². The van der Waals surface area contributed by atoms with Crippen LogP contribution in [-0.2, 0) is 16.1 Å². The van der Waals surface area contributed by atoms with Crippen LogP contribution < -0.4 is 15.0 Å². The summed E-state index contributed by atoms with van der Waals surface area (Å²) in [6, 6.07) is 16.5. The minimum atomic E-state index is 0.0456. The topological polar surface area (TPSA) is 63.6 Å². The van der Waals surface area contributed by atoms with E-state index in [2.05, 4.69) is 47.1 Å². The first-order valence-corrected chi connectivity index (χ1v) is 12.2. The number of hydrogen-bond acceptors (Lipinski definition) is 3. The van der Waals surface area contributed by atoms with E-state index in [4.69, 9.17) is 4.74 Å². The zero-order valence-electron chi connectivity index (χ0n) is 20.9. The van der Waals surface area contributed by atoms with Gasteiger partial charge in [0, 0.05) is 44.6 Å². The Morgan fingerprint density at radius 2 is 1.71 bits per heavy atom. The molecular formula is C28H37N3O3. The molecule has 0 aliphatic rings. The lowest BCUT2D eigenvalue weighted by molar-refractivity contribution is -0.120. The van der Waals surface area contributed by atoms with E-state index in [0.29, 0.717) is 13.0 Å². The van der Waals surface area contributed by atoms with Crippen molar-refractivity contribution in [3.63, 3.8) is 0 Å². The van der Waals surface area contributed by atoms with Crippen LogP contribution in [-0.4, -0.2) is 37.1 Å². The van der Waals surface area contributed by atoms with Gasteiger partial charge in [-0.2, -0.15) is 0 Å². The highest BCUT2D eigenvalue weighted by atomic mass is 16.5. The Balaban J connectivity index is 1.81. The molecule has 34 heavy (non-hydrogen) atoms. The number of nitrogens with zero attached hydrogens (tertiary/aromatic N) is 2. The van der Waals surface area contributed by atoms with Gasteiger partial charge >= 0.3 is 0 Å². The molecule has 6 nitrogen and oxygen atoms in total. The fraction of sp³-hybridized carbons (Fsp3) is 0.429. The molecule has 182 valence electrons. The maximum Gasteiger partial charge on any atom is 0.223 e. The summed E-state index contributed by atoms with van der Waals surface area (Å²) in [5.41, 5.74) is 4.36. The maximum atomic E-state index is 12.8. The number of carbonyl (C=O) groups is 2. The summed E-state index contributed by atoms with van der Waals surface area (Å²) in [5.74, 6) is 0.926.